The summed E-state index contributed by atoms with van der Waals surface area (Å²) in [6.45, 7) is 7.42. The lowest BCUT2D eigenvalue weighted by molar-refractivity contribution is -0.0110. The predicted molar refractivity (Wildman–Crippen MR) is 73.2 cm³/mol. The number of nitrogens with zero attached hydrogens (tertiary/aromatic N) is 3. The van der Waals surface area contributed by atoms with Crippen molar-refractivity contribution in [3.8, 4) is 0 Å². The number of aromatic nitrogens is 2. The second-order valence-electron chi connectivity index (χ2n) is 6.82. The molecule has 3 heterocycles. The Balaban J connectivity index is 1.41. The highest BCUT2D eigenvalue weighted by Crippen LogP contribution is 2.38. The Bertz CT molecular complexity index is 471. The average molecular weight is 277 g/mol. The molecule has 0 N–H and O–H groups in total. The van der Waals surface area contributed by atoms with Crippen LogP contribution in [0.15, 0.2) is 4.52 Å². The van der Waals surface area contributed by atoms with E-state index < -0.39 is 0 Å². The third-order valence-electron chi connectivity index (χ3n) is 5.06. The van der Waals surface area contributed by atoms with E-state index in [0.717, 1.165) is 43.2 Å². The summed E-state index contributed by atoms with van der Waals surface area (Å²) in [5.41, 5.74) is 0. The van der Waals surface area contributed by atoms with Gasteiger partial charge in [0.05, 0.1) is 13.2 Å². The largest absolute Gasteiger partial charge is 0.381 e. The van der Waals surface area contributed by atoms with Crippen molar-refractivity contribution in [2.24, 2.45) is 23.7 Å². The number of hydrogen-bond acceptors (Lipinski definition) is 5. The third kappa shape index (κ3) is 2.61. The maximum atomic E-state index is 5.83. The summed E-state index contributed by atoms with van der Waals surface area (Å²) in [6.07, 6.45) is 3.75. The number of fused-ring (bicyclic) bond motifs is 1. The molecule has 5 nitrogen and oxygen atoms in total. The van der Waals surface area contributed by atoms with Crippen LogP contribution in [0.25, 0.3) is 0 Å². The standard InChI is InChI=1S/C15H23N3O2/c1-10-16-15(20-17-10)4-12-8-19-9-13-6-18(7-14(12)13)5-11-2-3-11/h11-14H,2-9H2,1H3/t12-,13-,14+/m1/s1. The zero-order valence-corrected chi connectivity index (χ0v) is 12.1. The summed E-state index contributed by atoms with van der Waals surface area (Å²) in [5, 5.41) is 3.89. The van der Waals surface area contributed by atoms with Gasteiger partial charge in [-0.1, -0.05) is 5.16 Å². The Morgan fingerprint density at radius 1 is 1.25 bits per heavy atom. The van der Waals surface area contributed by atoms with Crippen molar-refractivity contribution in [1.29, 1.82) is 0 Å². The van der Waals surface area contributed by atoms with Crippen LogP contribution in [0, 0.1) is 30.6 Å². The van der Waals surface area contributed by atoms with E-state index in [2.05, 4.69) is 15.0 Å². The minimum Gasteiger partial charge on any atom is -0.381 e. The van der Waals surface area contributed by atoms with E-state index in [0.29, 0.717) is 11.8 Å². The third-order valence-corrected chi connectivity index (χ3v) is 5.06. The summed E-state index contributed by atoms with van der Waals surface area (Å²) in [7, 11) is 0. The first-order valence-electron chi connectivity index (χ1n) is 7.87. The molecule has 1 saturated carbocycles. The molecule has 1 aliphatic carbocycles. The topological polar surface area (TPSA) is 51.4 Å². The van der Waals surface area contributed by atoms with E-state index >= 15 is 0 Å². The second-order valence-corrected chi connectivity index (χ2v) is 6.82. The smallest absolute Gasteiger partial charge is 0.227 e. The van der Waals surface area contributed by atoms with Crippen LogP contribution in [-0.2, 0) is 11.2 Å². The minimum atomic E-state index is 0.540. The van der Waals surface area contributed by atoms with Crippen LogP contribution in [0.5, 0.6) is 0 Å². The first-order chi connectivity index (χ1) is 9.78. The van der Waals surface area contributed by atoms with Crippen molar-refractivity contribution in [3.63, 3.8) is 0 Å². The van der Waals surface area contributed by atoms with Gasteiger partial charge in [0.25, 0.3) is 0 Å². The molecule has 2 aliphatic heterocycles. The predicted octanol–water partition coefficient (Wildman–Crippen LogP) is 1.52. The molecule has 0 unspecified atom stereocenters. The number of hydrogen-bond donors (Lipinski definition) is 0. The SMILES string of the molecule is Cc1noc(C[C@@H]2COC[C@H]3CN(CC4CC4)C[C@@H]23)n1. The normalized spacial score (nSPS) is 34.4. The molecule has 0 bridgehead atoms. The average Bonchev–Trinajstić information content (AvgIpc) is 2.98. The molecule has 5 heteroatoms. The van der Waals surface area contributed by atoms with Crippen LogP contribution in [0.3, 0.4) is 0 Å². The van der Waals surface area contributed by atoms with Crippen molar-refractivity contribution in [2.75, 3.05) is 32.8 Å². The molecular weight excluding hydrogens is 254 g/mol. The van der Waals surface area contributed by atoms with Crippen LogP contribution in [-0.4, -0.2) is 47.9 Å². The molecule has 110 valence electrons. The van der Waals surface area contributed by atoms with E-state index in [4.69, 9.17) is 9.26 Å². The number of rotatable bonds is 4. The summed E-state index contributed by atoms with van der Waals surface area (Å²) >= 11 is 0. The first kappa shape index (κ1) is 12.8. The van der Waals surface area contributed by atoms with E-state index in [1.54, 1.807) is 0 Å². The van der Waals surface area contributed by atoms with Gasteiger partial charge in [-0.15, -0.1) is 0 Å². The molecule has 0 spiro atoms. The summed E-state index contributed by atoms with van der Waals surface area (Å²) in [4.78, 5) is 7.01. The Hall–Kier alpha value is -0.940. The second kappa shape index (κ2) is 5.11. The van der Waals surface area contributed by atoms with Crippen molar-refractivity contribution in [3.05, 3.63) is 11.7 Å². The highest BCUT2D eigenvalue weighted by molar-refractivity contribution is 4.96. The maximum Gasteiger partial charge on any atom is 0.227 e. The van der Waals surface area contributed by atoms with Crippen LogP contribution in [0.4, 0.5) is 0 Å². The van der Waals surface area contributed by atoms with Crippen molar-refractivity contribution < 1.29 is 9.26 Å². The molecule has 20 heavy (non-hydrogen) atoms. The van der Waals surface area contributed by atoms with Gasteiger partial charge in [-0.3, -0.25) is 0 Å². The number of ether oxygens (including phenoxy) is 1. The Labute approximate surface area is 119 Å². The molecule has 2 saturated heterocycles. The Morgan fingerprint density at radius 3 is 2.90 bits per heavy atom. The van der Waals surface area contributed by atoms with Crippen LogP contribution in [0.2, 0.25) is 0 Å². The zero-order chi connectivity index (χ0) is 13.5. The summed E-state index contributed by atoms with van der Waals surface area (Å²) in [5.74, 6) is 4.48. The van der Waals surface area contributed by atoms with E-state index in [1.165, 1.54) is 32.5 Å². The fourth-order valence-corrected chi connectivity index (χ4v) is 3.87. The van der Waals surface area contributed by atoms with Gasteiger partial charge < -0.3 is 14.2 Å². The first-order valence-corrected chi connectivity index (χ1v) is 7.87. The van der Waals surface area contributed by atoms with Gasteiger partial charge in [0.15, 0.2) is 5.82 Å². The van der Waals surface area contributed by atoms with Gasteiger partial charge in [0, 0.05) is 26.1 Å². The van der Waals surface area contributed by atoms with E-state index in [-0.39, 0.29) is 0 Å². The monoisotopic (exact) mass is 277 g/mol. The molecule has 3 atom stereocenters. The molecule has 0 radical (unpaired) electrons. The van der Waals surface area contributed by atoms with Gasteiger partial charge in [0.1, 0.15) is 0 Å². The van der Waals surface area contributed by atoms with E-state index in [9.17, 15) is 0 Å². The molecular formula is C15H23N3O2. The van der Waals surface area contributed by atoms with Crippen molar-refractivity contribution >= 4 is 0 Å². The lowest BCUT2D eigenvalue weighted by Crippen LogP contribution is -2.36. The molecule has 0 amide bonds. The quantitative estimate of drug-likeness (QED) is 0.835. The molecule has 0 aromatic carbocycles. The van der Waals surface area contributed by atoms with Crippen LogP contribution in [0.1, 0.15) is 24.6 Å². The zero-order valence-electron chi connectivity index (χ0n) is 12.1. The highest BCUT2D eigenvalue weighted by atomic mass is 16.5. The number of likely N-dealkylation sites (tertiary alicyclic amines) is 1. The van der Waals surface area contributed by atoms with Gasteiger partial charge in [-0.25, -0.2) is 0 Å². The van der Waals surface area contributed by atoms with Gasteiger partial charge in [0.2, 0.25) is 5.89 Å². The van der Waals surface area contributed by atoms with Crippen LogP contribution < -0.4 is 0 Å². The lowest BCUT2D eigenvalue weighted by atomic mass is 9.81. The fraction of sp³-hybridized carbons (Fsp3) is 0.867. The minimum absolute atomic E-state index is 0.540. The summed E-state index contributed by atoms with van der Waals surface area (Å²) < 4.78 is 11.1. The Morgan fingerprint density at radius 2 is 2.15 bits per heavy atom. The molecule has 1 aromatic heterocycles. The fourth-order valence-electron chi connectivity index (χ4n) is 3.87. The summed E-state index contributed by atoms with van der Waals surface area (Å²) in [6, 6.07) is 0. The molecule has 3 fully saturated rings. The molecule has 3 aliphatic rings. The van der Waals surface area contributed by atoms with Gasteiger partial charge >= 0.3 is 0 Å². The highest BCUT2D eigenvalue weighted by Gasteiger charge is 2.42. The van der Waals surface area contributed by atoms with Crippen molar-refractivity contribution in [1.82, 2.24) is 15.0 Å². The number of aryl methyl sites for hydroxylation is 1. The lowest BCUT2D eigenvalue weighted by Gasteiger charge is -2.32. The Kier molecular flexibility index (Phi) is 3.27. The van der Waals surface area contributed by atoms with Gasteiger partial charge in [-0.2, -0.15) is 4.98 Å². The van der Waals surface area contributed by atoms with Crippen molar-refractivity contribution in [2.45, 2.75) is 26.2 Å². The van der Waals surface area contributed by atoms with E-state index in [1.807, 2.05) is 6.92 Å². The molecule has 1 aromatic rings. The van der Waals surface area contributed by atoms with Gasteiger partial charge in [-0.05, 0) is 43.4 Å². The van der Waals surface area contributed by atoms with Crippen LogP contribution >= 0.6 is 0 Å². The molecule has 4 rings (SSSR count). The maximum absolute atomic E-state index is 5.83.